The third kappa shape index (κ3) is 1.98. The highest BCUT2D eigenvalue weighted by Crippen LogP contribution is 1.81. The molecule has 78 valence electrons. The molecule has 1 rings (SSSR count). The van der Waals surface area contributed by atoms with Gasteiger partial charge in [-0.05, 0) is 13.8 Å². The highest BCUT2D eigenvalue weighted by Gasteiger charge is 2.04. The van der Waals surface area contributed by atoms with Crippen LogP contribution in [0, 0.1) is 0 Å². The van der Waals surface area contributed by atoms with E-state index < -0.39 is 11.4 Å². The van der Waals surface area contributed by atoms with Crippen LogP contribution in [0.4, 0.5) is 0 Å². The molecule has 1 heterocycles. The van der Waals surface area contributed by atoms with Gasteiger partial charge in [-0.15, -0.1) is 0 Å². The Bertz CT molecular complexity index is 508. The number of hydrogen-bond acceptors (Lipinski definition) is 5. The molecule has 0 amide bonds. The van der Waals surface area contributed by atoms with E-state index in [1.165, 1.54) is 7.05 Å². The van der Waals surface area contributed by atoms with Gasteiger partial charge in [0.1, 0.15) is 0 Å². The lowest BCUT2D eigenvalue weighted by molar-refractivity contribution is 0.354. The predicted octanol–water partition coefficient (Wildman–Crippen LogP) is -0.858. The lowest BCUT2D eigenvalue weighted by Crippen LogP contribution is -2.42. The molecule has 0 unspecified atom stereocenters. The molecule has 0 aromatic carbocycles. The summed E-state index contributed by atoms with van der Waals surface area (Å²) in [6.07, 6.45) is 0. The molecule has 0 radical (unpaired) electrons. The zero-order chi connectivity index (χ0) is 10.9. The summed E-state index contributed by atoms with van der Waals surface area (Å²) in [4.78, 5) is 26.3. The lowest BCUT2D eigenvalue weighted by Gasteiger charge is -2.00. The number of aromatic nitrogens is 2. The van der Waals surface area contributed by atoms with Gasteiger partial charge in [0, 0.05) is 13.1 Å². The average Bonchev–Trinajstić information content (AvgIpc) is 2.10. The first kappa shape index (κ1) is 10.8. The van der Waals surface area contributed by atoms with Crippen molar-refractivity contribution in [1.82, 2.24) is 8.54 Å². The third-order valence-electron chi connectivity index (χ3n) is 1.48. The van der Waals surface area contributed by atoms with E-state index in [0.717, 1.165) is 4.57 Å². The second kappa shape index (κ2) is 3.87. The molecule has 6 nitrogen and oxygen atoms in total. The molecule has 14 heavy (non-hydrogen) atoms. The first-order valence-corrected chi connectivity index (χ1v) is 4.39. The Morgan fingerprint density at radius 1 is 1.43 bits per heavy atom. The third-order valence-corrected chi connectivity index (χ3v) is 1.81. The van der Waals surface area contributed by atoms with Crippen molar-refractivity contribution in [2.45, 2.75) is 19.9 Å². The smallest absolute Gasteiger partial charge is 0.374 e. The van der Waals surface area contributed by atoms with Gasteiger partial charge in [0.05, 0.1) is 0 Å². The standard InChI is InChI=1S/C7H11N3O3S/c1-4(2)8-5-9(3)6(11)10(14)7(12)13-5/h4,14H,1-3H3. The van der Waals surface area contributed by atoms with Gasteiger partial charge < -0.3 is 4.42 Å². The van der Waals surface area contributed by atoms with Crippen LogP contribution in [0.3, 0.4) is 0 Å². The zero-order valence-corrected chi connectivity index (χ0v) is 8.99. The fourth-order valence-corrected chi connectivity index (χ4v) is 1.00. The molecule has 0 fully saturated rings. The normalized spacial score (nSPS) is 12.5. The molecule has 0 saturated carbocycles. The Morgan fingerprint density at radius 3 is 2.50 bits per heavy atom. The molecule has 1 aromatic heterocycles. The molecule has 0 saturated heterocycles. The number of rotatable bonds is 1. The van der Waals surface area contributed by atoms with E-state index in [-0.39, 0.29) is 11.7 Å². The van der Waals surface area contributed by atoms with E-state index in [9.17, 15) is 9.59 Å². The van der Waals surface area contributed by atoms with Crippen molar-refractivity contribution in [3.05, 3.63) is 26.7 Å². The van der Waals surface area contributed by atoms with Crippen LogP contribution in [0.2, 0.25) is 0 Å². The van der Waals surface area contributed by atoms with Crippen molar-refractivity contribution in [3.8, 4) is 0 Å². The molecule has 1 aromatic rings. The van der Waals surface area contributed by atoms with Gasteiger partial charge in [0.25, 0.3) is 0 Å². The first-order chi connectivity index (χ1) is 6.43. The van der Waals surface area contributed by atoms with Crippen LogP contribution in [0.15, 0.2) is 19.0 Å². The van der Waals surface area contributed by atoms with Crippen molar-refractivity contribution in [2.75, 3.05) is 0 Å². The van der Waals surface area contributed by atoms with Crippen LogP contribution >= 0.6 is 12.8 Å². The monoisotopic (exact) mass is 217 g/mol. The quantitative estimate of drug-likeness (QED) is 0.622. The van der Waals surface area contributed by atoms with E-state index in [2.05, 4.69) is 17.8 Å². The van der Waals surface area contributed by atoms with Gasteiger partial charge in [0.15, 0.2) is 0 Å². The molecule has 0 aliphatic carbocycles. The molecule has 0 bridgehead atoms. The zero-order valence-electron chi connectivity index (χ0n) is 8.09. The maximum atomic E-state index is 11.3. The number of hydrogen-bond donors (Lipinski definition) is 1. The largest absolute Gasteiger partial charge is 0.436 e. The molecule has 0 spiro atoms. The topological polar surface area (TPSA) is 69.5 Å². The SMILES string of the molecule is CC(C)N=c1oc(=O)n(S)c(=O)n1C. The Kier molecular flexibility index (Phi) is 3.00. The number of thiol groups is 1. The van der Waals surface area contributed by atoms with Gasteiger partial charge in [0.2, 0.25) is 0 Å². The van der Waals surface area contributed by atoms with Crippen LogP contribution in [-0.4, -0.2) is 14.6 Å². The minimum atomic E-state index is -0.837. The van der Waals surface area contributed by atoms with E-state index in [0.29, 0.717) is 3.97 Å². The molecule has 0 atom stereocenters. The molecular formula is C7H11N3O3S. The van der Waals surface area contributed by atoms with Crippen molar-refractivity contribution < 1.29 is 4.42 Å². The van der Waals surface area contributed by atoms with Crippen molar-refractivity contribution in [2.24, 2.45) is 12.0 Å². The summed E-state index contributed by atoms with van der Waals surface area (Å²) in [5.74, 6) is -0.837. The summed E-state index contributed by atoms with van der Waals surface area (Å²) in [6.45, 7) is 3.62. The van der Waals surface area contributed by atoms with E-state index in [1.54, 1.807) is 0 Å². The van der Waals surface area contributed by atoms with Crippen molar-refractivity contribution >= 4 is 12.8 Å². The second-order valence-electron chi connectivity index (χ2n) is 3.03. The van der Waals surface area contributed by atoms with Crippen LogP contribution < -0.4 is 17.1 Å². The Hall–Kier alpha value is -1.24. The van der Waals surface area contributed by atoms with Gasteiger partial charge in [-0.2, -0.15) is 3.97 Å². The van der Waals surface area contributed by atoms with Gasteiger partial charge in [-0.25, -0.2) is 19.1 Å². The molecular weight excluding hydrogens is 206 g/mol. The predicted molar refractivity (Wildman–Crippen MR) is 53.3 cm³/mol. The van der Waals surface area contributed by atoms with E-state index in [4.69, 9.17) is 4.42 Å². The molecule has 0 N–H and O–H groups in total. The highest BCUT2D eigenvalue weighted by molar-refractivity contribution is 7.78. The minimum absolute atomic E-state index is 0.000278. The maximum Gasteiger partial charge on any atom is 0.436 e. The summed E-state index contributed by atoms with van der Waals surface area (Å²) >= 11 is 3.65. The minimum Gasteiger partial charge on any atom is -0.374 e. The van der Waals surface area contributed by atoms with Crippen LogP contribution in [0.1, 0.15) is 13.8 Å². The van der Waals surface area contributed by atoms with Crippen molar-refractivity contribution in [1.29, 1.82) is 0 Å². The Labute approximate surface area is 85.1 Å². The summed E-state index contributed by atoms with van der Waals surface area (Å²) in [5, 5.41) is 0. The van der Waals surface area contributed by atoms with Gasteiger partial charge in [-0.3, -0.25) is 0 Å². The first-order valence-electron chi connectivity index (χ1n) is 3.99. The summed E-state index contributed by atoms with van der Waals surface area (Å²) in [6, 6.07) is -0.0560. The van der Waals surface area contributed by atoms with E-state index >= 15 is 0 Å². The Balaban J connectivity index is 3.66. The average molecular weight is 217 g/mol. The van der Waals surface area contributed by atoms with Gasteiger partial charge >= 0.3 is 17.1 Å². The van der Waals surface area contributed by atoms with Gasteiger partial charge in [-0.1, -0.05) is 12.8 Å². The fourth-order valence-electron chi connectivity index (χ4n) is 0.826. The van der Waals surface area contributed by atoms with Crippen LogP contribution in [0.5, 0.6) is 0 Å². The molecule has 0 aliphatic rings. The summed E-state index contributed by atoms with van der Waals surface area (Å²) in [5.41, 5.74) is -0.579. The van der Waals surface area contributed by atoms with E-state index in [1.807, 2.05) is 13.8 Å². The summed E-state index contributed by atoms with van der Waals surface area (Å²) < 4.78 is 6.46. The Morgan fingerprint density at radius 2 is 2.00 bits per heavy atom. The molecule has 0 aliphatic heterocycles. The molecule has 7 heteroatoms. The highest BCUT2D eigenvalue weighted by atomic mass is 32.1. The number of nitrogens with zero attached hydrogens (tertiary/aromatic N) is 3. The maximum absolute atomic E-state index is 11.3. The fraction of sp³-hybridized carbons (Fsp3) is 0.571. The second-order valence-corrected chi connectivity index (χ2v) is 3.43. The van der Waals surface area contributed by atoms with Crippen LogP contribution in [-0.2, 0) is 7.05 Å². The lowest BCUT2D eigenvalue weighted by atomic mass is 10.4. The van der Waals surface area contributed by atoms with Crippen LogP contribution in [0.25, 0.3) is 0 Å². The summed E-state index contributed by atoms with van der Waals surface area (Å²) in [7, 11) is 1.46. The van der Waals surface area contributed by atoms with Crippen molar-refractivity contribution in [3.63, 3.8) is 0 Å².